The lowest BCUT2D eigenvalue weighted by Crippen LogP contribution is -2.21. The average Bonchev–Trinajstić information content (AvgIpc) is 2.41. The SMILES string of the molecule is CCC(N)Cc1c(Cl)cccc1Oc1cc(F)cc(Br)c1. The summed E-state index contributed by atoms with van der Waals surface area (Å²) in [6.45, 7) is 2.02. The summed E-state index contributed by atoms with van der Waals surface area (Å²) in [5.41, 5.74) is 6.84. The van der Waals surface area contributed by atoms with Gasteiger partial charge in [-0.1, -0.05) is 40.5 Å². The van der Waals surface area contributed by atoms with Crippen molar-refractivity contribution in [3.63, 3.8) is 0 Å². The quantitative estimate of drug-likeness (QED) is 0.771. The van der Waals surface area contributed by atoms with Crippen LogP contribution in [0.4, 0.5) is 4.39 Å². The van der Waals surface area contributed by atoms with E-state index in [2.05, 4.69) is 15.9 Å². The van der Waals surface area contributed by atoms with Crippen molar-refractivity contribution in [1.29, 1.82) is 0 Å². The van der Waals surface area contributed by atoms with Crippen LogP contribution in [0.2, 0.25) is 5.02 Å². The summed E-state index contributed by atoms with van der Waals surface area (Å²) >= 11 is 9.49. The van der Waals surface area contributed by atoms with E-state index in [1.165, 1.54) is 12.1 Å². The van der Waals surface area contributed by atoms with Gasteiger partial charge < -0.3 is 10.5 Å². The first-order valence-corrected chi connectivity index (χ1v) is 7.83. The van der Waals surface area contributed by atoms with Gasteiger partial charge >= 0.3 is 0 Å². The molecule has 0 spiro atoms. The van der Waals surface area contributed by atoms with Gasteiger partial charge in [-0.3, -0.25) is 0 Å². The first-order chi connectivity index (χ1) is 9.99. The highest BCUT2D eigenvalue weighted by molar-refractivity contribution is 9.10. The Kier molecular flexibility index (Phi) is 5.62. The Morgan fingerprint density at radius 3 is 2.76 bits per heavy atom. The minimum Gasteiger partial charge on any atom is -0.457 e. The number of nitrogens with two attached hydrogens (primary N) is 1. The highest BCUT2D eigenvalue weighted by Gasteiger charge is 2.13. The van der Waals surface area contributed by atoms with Crippen LogP contribution in [0.1, 0.15) is 18.9 Å². The molecule has 0 aromatic heterocycles. The molecule has 0 aliphatic rings. The van der Waals surface area contributed by atoms with Gasteiger partial charge in [0.05, 0.1) is 0 Å². The molecule has 5 heteroatoms. The van der Waals surface area contributed by atoms with E-state index < -0.39 is 0 Å². The lowest BCUT2D eigenvalue weighted by atomic mass is 10.0. The fourth-order valence-electron chi connectivity index (χ4n) is 1.95. The van der Waals surface area contributed by atoms with Crippen molar-refractivity contribution in [2.45, 2.75) is 25.8 Å². The van der Waals surface area contributed by atoms with E-state index in [1.807, 2.05) is 13.0 Å². The minimum atomic E-state index is -0.367. The Bertz CT molecular complexity index is 615. The second kappa shape index (κ2) is 7.25. The Hall–Kier alpha value is -1.10. The van der Waals surface area contributed by atoms with Crippen molar-refractivity contribution >= 4 is 27.5 Å². The zero-order valence-electron chi connectivity index (χ0n) is 11.6. The maximum Gasteiger partial charge on any atom is 0.132 e. The lowest BCUT2D eigenvalue weighted by molar-refractivity contribution is 0.466. The zero-order valence-corrected chi connectivity index (χ0v) is 13.9. The molecule has 21 heavy (non-hydrogen) atoms. The molecule has 2 aromatic carbocycles. The van der Waals surface area contributed by atoms with E-state index in [0.717, 1.165) is 12.0 Å². The predicted octanol–water partition coefficient (Wildman–Crippen LogP) is 5.31. The first-order valence-electron chi connectivity index (χ1n) is 6.66. The molecular weight excluding hydrogens is 357 g/mol. The van der Waals surface area contributed by atoms with Gasteiger partial charge in [0.25, 0.3) is 0 Å². The van der Waals surface area contributed by atoms with Crippen LogP contribution in [0, 0.1) is 5.82 Å². The smallest absolute Gasteiger partial charge is 0.132 e. The van der Waals surface area contributed by atoms with Gasteiger partial charge in [-0.2, -0.15) is 0 Å². The fourth-order valence-corrected chi connectivity index (χ4v) is 2.64. The summed E-state index contributed by atoms with van der Waals surface area (Å²) in [7, 11) is 0. The second-order valence-corrected chi connectivity index (χ2v) is 6.12. The van der Waals surface area contributed by atoms with Crippen LogP contribution in [-0.2, 0) is 6.42 Å². The van der Waals surface area contributed by atoms with Crippen molar-refractivity contribution in [2.75, 3.05) is 0 Å². The molecule has 0 heterocycles. The third-order valence-electron chi connectivity index (χ3n) is 3.13. The van der Waals surface area contributed by atoms with Crippen molar-refractivity contribution in [1.82, 2.24) is 0 Å². The maximum absolute atomic E-state index is 13.4. The molecule has 2 aromatic rings. The molecule has 2 nitrogen and oxygen atoms in total. The van der Waals surface area contributed by atoms with E-state index >= 15 is 0 Å². The Morgan fingerprint density at radius 2 is 2.10 bits per heavy atom. The molecule has 1 atom stereocenters. The summed E-state index contributed by atoms with van der Waals surface area (Å²) in [5, 5.41) is 0.604. The molecule has 0 saturated heterocycles. The van der Waals surface area contributed by atoms with Crippen molar-refractivity contribution in [2.24, 2.45) is 5.73 Å². The summed E-state index contributed by atoms with van der Waals surface area (Å²) in [4.78, 5) is 0. The number of rotatable bonds is 5. The Labute approximate surface area is 137 Å². The van der Waals surface area contributed by atoms with Gasteiger partial charge in [0.15, 0.2) is 0 Å². The van der Waals surface area contributed by atoms with Gasteiger partial charge in [-0.05, 0) is 37.1 Å². The largest absolute Gasteiger partial charge is 0.457 e. The van der Waals surface area contributed by atoms with Gasteiger partial charge in [0.1, 0.15) is 17.3 Å². The topological polar surface area (TPSA) is 35.2 Å². The monoisotopic (exact) mass is 371 g/mol. The van der Waals surface area contributed by atoms with Crippen LogP contribution >= 0.6 is 27.5 Å². The molecule has 0 fully saturated rings. The molecule has 0 radical (unpaired) electrons. The highest BCUT2D eigenvalue weighted by atomic mass is 79.9. The Morgan fingerprint density at radius 1 is 1.33 bits per heavy atom. The fraction of sp³-hybridized carbons (Fsp3) is 0.250. The number of ether oxygens (including phenoxy) is 1. The van der Waals surface area contributed by atoms with Gasteiger partial charge in [-0.15, -0.1) is 0 Å². The number of hydrogen-bond donors (Lipinski definition) is 1. The number of halogens is 3. The Balaban J connectivity index is 2.32. The molecule has 1 unspecified atom stereocenters. The molecule has 0 aliphatic heterocycles. The van der Waals surface area contributed by atoms with E-state index in [1.54, 1.807) is 18.2 Å². The first kappa shape index (κ1) is 16.3. The average molecular weight is 373 g/mol. The molecule has 0 saturated carbocycles. The second-order valence-electron chi connectivity index (χ2n) is 4.80. The third-order valence-corrected chi connectivity index (χ3v) is 3.94. The van der Waals surface area contributed by atoms with Crippen LogP contribution in [-0.4, -0.2) is 6.04 Å². The van der Waals surface area contributed by atoms with Crippen LogP contribution < -0.4 is 10.5 Å². The van der Waals surface area contributed by atoms with Crippen LogP contribution in [0.15, 0.2) is 40.9 Å². The number of benzene rings is 2. The minimum absolute atomic E-state index is 0.00601. The van der Waals surface area contributed by atoms with Crippen molar-refractivity contribution in [3.8, 4) is 11.5 Å². The van der Waals surface area contributed by atoms with Gasteiger partial charge in [0.2, 0.25) is 0 Å². The molecule has 0 aliphatic carbocycles. The normalized spacial score (nSPS) is 12.2. The maximum atomic E-state index is 13.4. The van der Waals surface area contributed by atoms with E-state index in [0.29, 0.717) is 27.4 Å². The van der Waals surface area contributed by atoms with E-state index in [4.69, 9.17) is 22.1 Å². The lowest BCUT2D eigenvalue weighted by Gasteiger charge is -2.16. The van der Waals surface area contributed by atoms with Crippen LogP contribution in [0.25, 0.3) is 0 Å². The predicted molar refractivity (Wildman–Crippen MR) is 87.6 cm³/mol. The van der Waals surface area contributed by atoms with Crippen molar-refractivity contribution < 1.29 is 9.13 Å². The molecule has 2 N–H and O–H groups in total. The summed E-state index contributed by atoms with van der Waals surface area (Å²) in [5.74, 6) is 0.646. The van der Waals surface area contributed by atoms with Crippen LogP contribution in [0.5, 0.6) is 11.5 Å². The number of hydrogen-bond acceptors (Lipinski definition) is 2. The summed E-state index contributed by atoms with van der Waals surface area (Å²) in [6, 6.07) is 9.82. The highest BCUT2D eigenvalue weighted by Crippen LogP contribution is 2.33. The van der Waals surface area contributed by atoms with E-state index in [9.17, 15) is 4.39 Å². The standard InChI is InChI=1S/C16H16BrClFNO/c1-2-12(20)9-14-15(18)4-3-5-16(14)21-13-7-10(17)6-11(19)8-13/h3-8,12H,2,9,20H2,1H3. The molecule has 0 amide bonds. The summed E-state index contributed by atoms with van der Waals surface area (Å²) < 4.78 is 19.8. The van der Waals surface area contributed by atoms with Gasteiger partial charge in [-0.25, -0.2) is 4.39 Å². The van der Waals surface area contributed by atoms with Crippen LogP contribution in [0.3, 0.4) is 0 Å². The third kappa shape index (κ3) is 4.43. The van der Waals surface area contributed by atoms with Crippen molar-refractivity contribution in [3.05, 3.63) is 57.3 Å². The summed E-state index contributed by atoms with van der Waals surface area (Å²) in [6.07, 6.45) is 1.46. The van der Waals surface area contributed by atoms with Gasteiger partial charge in [0, 0.05) is 27.2 Å². The molecule has 0 bridgehead atoms. The molecular formula is C16H16BrClFNO. The van der Waals surface area contributed by atoms with E-state index in [-0.39, 0.29) is 11.9 Å². The zero-order chi connectivity index (χ0) is 15.4. The molecule has 2 rings (SSSR count). The molecule has 112 valence electrons.